The molecule has 0 unspecified atom stereocenters. The lowest BCUT2D eigenvalue weighted by atomic mass is 10.2. The minimum Gasteiger partial charge on any atom is -0.395 e. The van der Waals surface area contributed by atoms with Crippen LogP contribution < -0.4 is 5.32 Å². The third-order valence-electron chi connectivity index (χ3n) is 2.29. The van der Waals surface area contributed by atoms with Crippen molar-refractivity contribution < 1.29 is 19.0 Å². The highest BCUT2D eigenvalue weighted by Gasteiger charge is 2.05. The molecule has 0 radical (unpaired) electrons. The summed E-state index contributed by atoms with van der Waals surface area (Å²) in [6.07, 6.45) is 1.13. The highest BCUT2D eigenvalue weighted by atomic mass is 19.1. The maximum Gasteiger partial charge on any atom is 0.250 e. The number of halogens is 1. The van der Waals surface area contributed by atoms with E-state index in [0.29, 0.717) is 18.7 Å². The third-order valence-corrected chi connectivity index (χ3v) is 2.29. The molecule has 1 rings (SSSR count). The molecule has 1 amide bonds. The molecule has 0 bridgehead atoms. The fourth-order valence-electron chi connectivity index (χ4n) is 1.41. The van der Waals surface area contributed by atoms with E-state index in [-0.39, 0.29) is 24.7 Å². The van der Waals surface area contributed by atoms with E-state index in [1.54, 1.807) is 6.07 Å². The first kappa shape index (κ1) is 16.2. The maximum atomic E-state index is 13.7. The van der Waals surface area contributed by atoms with Crippen molar-refractivity contribution in [1.29, 1.82) is 0 Å². The highest BCUT2D eigenvalue weighted by molar-refractivity contribution is 5.91. The van der Waals surface area contributed by atoms with Gasteiger partial charge in [-0.25, -0.2) is 4.39 Å². The molecule has 1 aromatic carbocycles. The molecule has 0 saturated carbocycles. The van der Waals surface area contributed by atoms with E-state index in [4.69, 9.17) is 9.84 Å². The van der Waals surface area contributed by atoms with Gasteiger partial charge in [0.15, 0.2) is 0 Å². The zero-order chi connectivity index (χ0) is 14.8. The van der Waals surface area contributed by atoms with Crippen LogP contribution in [0.3, 0.4) is 0 Å². The van der Waals surface area contributed by atoms with Crippen LogP contribution in [0.15, 0.2) is 18.2 Å². The predicted molar refractivity (Wildman–Crippen MR) is 74.7 cm³/mol. The molecule has 0 spiro atoms. The van der Waals surface area contributed by atoms with Crippen LogP contribution in [0.2, 0.25) is 0 Å². The SMILES string of the molecule is CCCOCC(=O)Nc1ccc(C#CCCO)c(F)c1. The molecule has 0 aliphatic rings. The summed E-state index contributed by atoms with van der Waals surface area (Å²) >= 11 is 0. The van der Waals surface area contributed by atoms with Crippen molar-refractivity contribution >= 4 is 11.6 Å². The maximum absolute atomic E-state index is 13.7. The number of hydrogen-bond donors (Lipinski definition) is 2. The van der Waals surface area contributed by atoms with Crippen molar-refractivity contribution in [3.8, 4) is 11.8 Å². The second-order valence-electron chi connectivity index (χ2n) is 4.07. The molecule has 0 heterocycles. The minimum absolute atomic E-state index is 0.0481. The topological polar surface area (TPSA) is 58.6 Å². The van der Waals surface area contributed by atoms with Crippen LogP contribution in [0.5, 0.6) is 0 Å². The highest BCUT2D eigenvalue weighted by Crippen LogP contribution is 2.13. The van der Waals surface area contributed by atoms with Crippen molar-refractivity contribution in [2.24, 2.45) is 0 Å². The van der Waals surface area contributed by atoms with Crippen LogP contribution in [-0.2, 0) is 9.53 Å². The first-order valence-corrected chi connectivity index (χ1v) is 6.44. The number of benzene rings is 1. The standard InChI is InChI=1S/C15H18FNO3/c1-2-9-20-11-15(19)17-13-7-6-12(14(16)10-13)5-3-4-8-18/h6-7,10,18H,2,4,8-9,11H2,1H3,(H,17,19). The largest absolute Gasteiger partial charge is 0.395 e. The first-order valence-electron chi connectivity index (χ1n) is 6.44. The molecule has 4 nitrogen and oxygen atoms in total. The van der Waals surface area contributed by atoms with Crippen LogP contribution >= 0.6 is 0 Å². The second kappa shape index (κ2) is 9.08. The number of anilines is 1. The smallest absolute Gasteiger partial charge is 0.250 e. The van der Waals surface area contributed by atoms with E-state index < -0.39 is 5.82 Å². The lowest BCUT2D eigenvalue weighted by Crippen LogP contribution is -2.18. The number of hydrogen-bond acceptors (Lipinski definition) is 3. The van der Waals surface area contributed by atoms with Crippen LogP contribution in [0.25, 0.3) is 0 Å². The molecule has 0 atom stereocenters. The van der Waals surface area contributed by atoms with Gasteiger partial charge >= 0.3 is 0 Å². The van der Waals surface area contributed by atoms with Gasteiger partial charge in [-0.05, 0) is 24.6 Å². The van der Waals surface area contributed by atoms with Gasteiger partial charge < -0.3 is 15.2 Å². The third kappa shape index (κ3) is 5.83. The molecule has 5 heteroatoms. The first-order chi connectivity index (χ1) is 9.67. The Kier molecular flexibility index (Phi) is 7.33. The number of carbonyl (C=O) groups excluding carboxylic acids is 1. The van der Waals surface area contributed by atoms with Gasteiger partial charge in [0.05, 0.1) is 12.2 Å². The molecular weight excluding hydrogens is 261 g/mol. The van der Waals surface area contributed by atoms with E-state index in [1.807, 2.05) is 6.92 Å². The van der Waals surface area contributed by atoms with Gasteiger partial charge in [-0.15, -0.1) is 0 Å². The van der Waals surface area contributed by atoms with Crippen molar-refractivity contribution in [2.75, 3.05) is 25.1 Å². The van der Waals surface area contributed by atoms with Gasteiger partial charge in [-0.1, -0.05) is 18.8 Å². The molecule has 0 fully saturated rings. The summed E-state index contributed by atoms with van der Waals surface area (Å²) in [5.74, 6) is 4.42. The second-order valence-corrected chi connectivity index (χ2v) is 4.07. The number of nitrogens with one attached hydrogen (secondary N) is 1. The fraction of sp³-hybridized carbons (Fsp3) is 0.400. The Balaban J connectivity index is 2.59. The number of carbonyl (C=O) groups is 1. The van der Waals surface area contributed by atoms with Crippen LogP contribution in [0, 0.1) is 17.7 Å². The molecule has 0 aromatic heterocycles. The van der Waals surface area contributed by atoms with Crippen LogP contribution in [-0.4, -0.2) is 30.8 Å². The summed E-state index contributed by atoms with van der Waals surface area (Å²) in [6, 6.07) is 4.27. The van der Waals surface area contributed by atoms with Crippen molar-refractivity contribution in [3.63, 3.8) is 0 Å². The summed E-state index contributed by atoms with van der Waals surface area (Å²) in [4.78, 5) is 11.5. The van der Waals surface area contributed by atoms with Gasteiger partial charge in [0.2, 0.25) is 5.91 Å². The van der Waals surface area contributed by atoms with Gasteiger partial charge in [0.25, 0.3) is 0 Å². The number of rotatable bonds is 6. The van der Waals surface area contributed by atoms with Crippen LogP contribution in [0.4, 0.5) is 10.1 Å². The van der Waals surface area contributed by atoms with Gasteiger partial charge in [-0.2, -0.15) is 0 Å². The monoisotopic (exact) mass is 279 g/mol. The molecular formula is C15H18FNO3. The summed E-state index contributed by atoms with van der Waals surface area (Å²) in [5, 5.41) is 11.1. The van der Waals surface area contributed by atoms with Crippen LogP contribution in [0.1, 0.15) is 25.3 Å². The zero-order valence-corrected chi connectivity index (χ0v) is 11.4. The summed E-state index contributed by atoms with van der Waals surface area (Å²) < 4.78 is 18.8. The van der Waals surface area contributed by atoms with Gasteiger partial charge in [-0.3, -0.25) is 4.79 Å². The Morgan fingerprint density at radius 1 is 1.50 bits per heavy atom. The summed E-state index contributed by atoms with van der Waals surface area (Å²) in [7, 11) is 0. The number of aliphatic hydroxyl groups excluding tert-OH is 1. The van der Waals surface area contributed by atoms with Gasteiger partial charge in [0.1, 0.15) is 12.4 Å². The quantitative estimate of drug-likeness (QED) is 0.618. The molecule has 1 aromatic rings. The summed E-state index contributed by atoms with van der Waals surface area (Å²) in [6.45, 7) is 2.36. The van der Waals surface area contributed by atoms with Crippen molar-refractivity contribution in [3.05, 3.63) is 29.6 Å². The molecule has 108 valence electrons. The Labute approximate surface area is 117 Å². The molecule has 2 N–H and O–H groups in total. The van der Waals surface area contributed by atoms with Gasteiger partial charge in [0, 0.05) is 18.7 Å². The normalized spacial score (nSPS) is 9.75. The molecule has 20 heavy (non-hydrogen) atoms. The van der Waals surface area contributed by atoms with E-state index in [1.165, 1.54) is 12.1 Å². The molecule has 0 aliphatic heterocycles. The molecule has 0 aliphatic carbocycles. The Hall–Kier alpha value is -1.90. The average Bonchev–Trinajstić information content (AvgIpc) is 2.42. The molecule has 0 saturated heterocycles. The Morgan fingerprint density at radius 2 is 2.30 bits per heavy atom. The van der Waals surface area contributed by atoms with Crippen molar-refractivity contribution in [1.82, 2.24) is 0 Å². The summed E-state index contributed by atoms with van der Waals surface area (Å²) in [5.41, 5.74) is 0.596. The Bertz CT molecular complexity index is 506. The van der Waals surface area contributed by atoms with Crippen molar-refractivity contribution in [2.45, 2.75) is 19.8 Å². The van der Waals surface area contributed by atoms with E-state index in [0.717, 1.165) is 6.42 Å². The van der Waals surface area contributed by atoms with E-state index >= 15 is 0 Å². The minimum atomic E-state index is -0.511. The van der Waals surface area contributed by atoms with E-state index in [9.17, 15) is 9.18 Å². The van der Waals surface area contributed by atoms with E-state index in [2.05, 4.69) is 17.2 Å². The zero-order valence-electron chi connectivity index (χ0n) is 11.4. The lowest BCUT2D eigenvalue weighted by molar-refractivity contribution is -0.120. The number of amides is 1. The number of ether oxygens (including phenoxy) is 1. The lowest BCUT2D eigenvalue weighted by Gasteiger charge is -2.06. The average molecular weight is 279 g/mol. The number of aliphatic hydroxyl groups is 1. The Morgan fingerprint density at radius 3 is 2.95 bits per heavy atom. The fourth-order valence-corrected chi connectivity index (χ4v) is 1.41. The predicted octanol–water partition coefficient (Wildman–Crippen LogP) is 1.92.